The van der Waals surface area contributed by atoms with Crippen LogP contribution in [0.1, 0.15) is 60.0 Å². The third kappa shape index (κ3) is 1.34. The first-order valence-electron chi connectivity index (χ1n) is 6.36. The van der Waals surface area contributed by atoms with Gasteiger partial charge in [-0.25, -0.2) is 0 Å². The molecule has 1 aromatic carbocycles. The van der Waals surface area contributed by atoms with E-state index in [1.54, 1.807) is 0 Å². The molecule has 1 saturated carbocycles. The number of benzene rings is 1. The third-order valence-electron chi connectivity index (χ3n) is 4.44. The minimum atomic E-state index is 0.354. The fraction of sp³-hybridized carbons (Fsp3) is 0.533. The standard InChI is InChI=1S/C15H18O/c1-11-4-5-12-13(10-11)15(7-2-3-8-15)9-6-14(12)16/h4-5,10H,2-3,6-9H2,1H3. The van der Waals surface area contributed by atoms with E-state index in [2.05, 4.69) is 19.1 Å². The van der Waals surface area contributed by atoms with Crippen molar-refractivity contribution in [2.45, 2.75) is 50.9 Å². The maximum absolute atomic E-state index is 11.9. The van der Waals surface area contributed by atoms with Crippen molar-refractivity contribution >= 4 is 5.78 Å². The number of hydrogen-bond acceptors (Lipinski definition) is 1. The predicted octanol–water partition coefficient (Wildman–Crippen LogP) is 3.78. The monoisotopic (exact) mass is 214 g/mol. The molecule has 3 rings (SSSR count). The fourth-order valence-electron chi connectivity index (χ4n) is 3.53. The molecule has 0 amide bonds. The summed E-state index contributed by atoms with van der Waals surface area (Å²) in [6.45, 7) is 2.13. The quantitative estimate of drug-likeness (QED) is 0.642. The zero-order valence-electron chi connectivity index (χ0n) is 9.88. The predicted molar refractivity (Wildman–Crippen MR) is 64.9 cm³/mol. The average Bonchev–Trinajstić information content (AvgIpc) is 2.74. The SMILES string of the molecule is Cc1ccc2c(c1)C1(CCCC1)CCC2=O. The minimum absolute atomic E-state index is 0.354. The molecule has 2 aliphatic rings. The molecule has 1 spiro atoms. The van der Waals surface area contributed by atoms with Gasteiger partial charge in [0.2, 0.25) is 0 Å². The number of aryl methyl sites for hydroxylation is 1. The van der Waals surface area contributed by atoms with Crippen LogP contribution in [0.4, 0.5) is 0 Å². The number of carbonyl (C=O) groups is 1. The third-order valence-corrected chi connectivity index (χ3v) is 4.44. The number of carbonyl (C=O) groups excluding carboxylic acids is 1. The van der Waals surface area contributed by atoms with Crippen molar-refractivity contribution in [1.82, 2.24) is 0 Å². The maximum atomic E-state index is 11.9. The van der Waals surface area contributed by atoms with Crippen LogP contribution < -0.4 is 0 Å². The highest BCUT2D eigenvalue weighted by atomic mass is 16.1. The van der Waals surface area contributed by atoms with Gasteiger partial charge in [-0.1, -0.05) is 36.6 Å². The molecule has 1 nitrogen and oxygen atoms in total. The summed E-state index contributed by atoms with van der Waals surface area (Å²) in [5.41, 5.74) is 4.02. The van der Waals surface area contributed by atoms with Crippen molar-refractivity contribution in [2.24, 2.45) is 0 Å². The molecular formula is C15H18O. The number of Topliss-reactive ketones (excluding diaryl/α,β-unsaturated/α-hetero) is 1. The van der Waals surface area contributed by atoms with Gasteiger partial charge in [0, 0.05) is 12.0 Å². The van der Waals surface area contributed by atoms with E-state index in [1.807, 2.05) is 6.07 Å². The number of ketones is 1. The van der Waals surface area contributed by atoms with E-state index in [0.717, 1.165) is 18.4 Å². The first kappa shape index (κ1) is 10.1. The molecule has 16 heavy (non-hydrogen) atoms. The second-order valence-electron chi connectivity index (χ2n) is 5.46. The van der Waals surface area contributed by atoms with Gasteiger partial charge in [-0.15, -0.1) is 0 Å². The fourth-order valence-corrected chi connectivity index (χ4v) is 3.53. The molecular weight excluding hydrogens is 196 g/mol. The Labute approximate surface area is 96.9 Å². The van der Waals surface area contributed by atoms with Gasteiger partial charge in [-0.05, 0) is 37.2 Å². The van der Waals surface area contributed by atoms with Crippen LogP contribution in [-0.2, 0) is 5.41 Å². The molecule has 0 heterocycles. The Bertz CT molecular complexity index is 439. The first-order valence-corrected chi connectivity index (χ1v) is 6.36. The van der Waals surface area contributed by atoms with E-state index in [0.29, 0.717) is 11.2 Å². The Morgan fingerprint density at radius 3 is 2.62 bits per heavy atom. The van der Waals surface area contributed by atoms with E-state index in [9.17, 15) is 4.79 Å². The molecule has 1 aromatic rings. The number of fused-ring (bicyclic) bond motifs is 2. The van der Waals surface area contributed by atoms with Crippen LogP contribution in [0.5, 0.6) is 0 Å². The minimum Gasteiger partial charge on any atom is -0.294 e. The summed E-state index contributed by atoms with van der Waals surface area (Å²) in [5.74, 6) is 0.354. The molecule has 0 saturated heterocycles. The smallest absolute Gasteiger partial charge is 0.163 e. The number of hydrogen-bond donors (Lipinski definition) is 0. The van der Waals surface area contributed by atoms with Crippen molar-refractivity contribution in [2.75, 3.05) is 0 Å². The van der Waals surface area contributed by atoms with Crippen LogP contribution in [0.2, 0.25) is 0 Å². The largest absolute Gasteiger partial charge is 0.294 e. The second-order valence-corrected chi connectivity index (χ2v) is 5.46. The van der Waals surface area contributed by atoms with Crippen LogP contribution >= 0.6 is 0 Å². The lowest BCUT2D eigenvalue weighted by atomic mass is 9.68. The molecule has 0 aromatic heterocycles. The summed E-state index contributed by atoms with van der Waals surface area (Å²) in [7, 11) is 0. The van der Waals surface area contributed by atoms with Gasteiger partial charge in [0.15, 0.2) is 5.78 Å². The molecule has 0 aliphatic heterocycles. The Hall–Kier alpha value is -1.11. The van der Waals surface area contributed by atoms with Gasteiger partial charge in [0.05, 0.1) is 0 Å². The topological polar surface area (TPSA) is 17.1 Å². The average molecular weight is 214 g/mol. The Balaban J connectivity index is 2.18. The molecule has 0 unspecified atom stereocenters. The van der Waals surface area contributed by atoms with Crippen molar-refractivity contribution in [3.8, 4) is 0 Å². The summed E-state index contributed by atoms with van der Waals surface area (Å²) >= 11 is 0. The van der Waals surface area contributed by atoms with Gasteiger partial charge in [-0.3, -0.25) is 4.79 Å². The first-order chi connectivity index (χ1) is 7.71. The Morgan fingerprint density at radius 1 is 1.12 bits per heavy atom. The summed E-state index contributed by atoms with van der Waals surface area (Å²) < 4.78 is 0. The van der Waals surface area contributed by atoms with Gasteiger partial charge < -0.3 is 0 Å². The number of rotatable bonds is 0. The molecule has 84 valence electrons. The zero-order valence-corrected chi connectivity index (χ0v) is 9.88. The van der Waals surface area contributed by atoms with Gasteiger partial charge >= 0.3 is 0 Å². The van der Waals surface area contributed by atoms with Crippen molar-refractivity contribution < 1.29 is 4.79 Å². The normalized spacial score (nSPS) is 22.4. The van der Waals surface area contributed by atoms with Crippen LogP contribution in [0.3, 0.4) is 0 Å². The Kier molecular flexibility index (Phi) is 2.17. The summed E-state index contributed by atoms with van der Waals surface area (Å²) in [6, 6.07) is 6.38. The van der Waals surface area contributed by atoms with E-state index in [-0.39, 0.29) is 0 Å². The molecule has 2 aliphatic carbocycles. The molecule has 0 N–H and O–H groups in total. The van der Waals surface area contributed by atoms with Crippen molar-refractivity contribution in [3.05, 3.63) is 34.9 Å². The maximum Gasteiger partial charge on any atom is 0.163 e. The van der Waals surface area contributed by atoms with Crippen LogP contribution in [0.25, 0.3) is 0 Å². The lowest BCUT2D eigenvalue weighted by molar-refractivity contribution is 0.0951. The molecule has 0 atom stereocenters. The van der Waals surface area contributed by atoms with Gasteiger partial charge in [-0.2, -0.15) is 0 Å². The van der Waals surface area contributed by atoms with Gasteiger partial charge in [0.1, 0.15) is 0 Å². The molecule has 1 heteroatoms. The highest BCUT2D eigenvalue weighted by Gasteiger charge is 2.41. The molecule has 0 radical (unpaired) electrons. The van der Waals surface area contributed by atoms with Crippen LogP contribution in [0.15, 0.2) is 18.2 Å². The lowest BCUT2D eigenvalue weighted by Gasteiger charge is -2.35. The van der Waals surface area contributed by atoms with Gasteiger partial charge in [0.25, 0.3) is 0 Å². The highest BCUT2D eigenvalue weighted by Crippen LogP contribution is 2.48. The van der Waals surface area contributed by atoms with Crippen molar-refractivity contribution in [3.63, 3.8) is 0 Å². The van der Waals surface area contributed by atoms with E-state index >= 15 is 0 Å². The lowest BCUT2D eigenvalue weighted by Crippen LogP contribution is -2.30. The van der Waals surface area contributed by atoms with E-state index < -0.39 is 0 Å². The van der Waals surface area contributed by atoms with Crippen LogP contribution in [-0.4, -0.2) is 5.78 Å². The second kappa shape index (κ2) is 3.44. The zero-order chi connectivity index (χ0) is 11.2. The summed E-state index contributed by atoms with van der Waals surface area (Å²) in [6.07, 6.45) is 7.09. The summed E-state index contributed by atoms with van der Waals surface area (Å²) in [5, 5.41) is 0. The van der Waals surface area contributed by atoms with Crippen molar-refractivity contribution in [1.29, 1.82) is 0 Å². The van der Waals surface area contributed by atoms with E-state index in [1.165, 1.54) is 36.8 Å². The van der Waals surface area contributed by atoms with E-state index in [4.69, 9.17) is 0 Å². The molecule has 1 fully saturated rings. The van der Waals surface area contributed by atoms with Crippen LogP contribution in [0, 0.1) is 6.92 Å². The molecule has 0 bridgehead atoms. The Morgan fingerprint density at radius 2 is 1.88 bits per heavy atom. The summed E-state index contributed by atoms with van der Waals surface area (Å²) in [4.78, 5) is 11.9. The highest BCUT2D eigenvalue weighted by molar-refractivity contribution is 5.99.